The first kappa shape index (κ1) is 20.3. The Kier molecular flexibility index (Phi) is 7.37. The van der Waals surface area contributed by atoms with Crippen LogP contribution in [-0.2, 0) is 6.54 Å². The predicted octanol–water partition coefficient (Wildman–Crippen LogP) is 3.24. The van der Waals surface area contributed by atoms with Crippen LogP contribution in [0.5, 0.6) is 0 Å². The maximum absolute atomic E-state index is 11.8. The first-order valence-electron chi connectivity index (χ1n) is 9.64. The molecule has 28 heavy (non-hydrogen) atoms. The molecule has 1 amide bonds. The molecule has 6 heteroatoms. The summed E-state index contributed by atoms with van der Waals surface area (Å²) in [6.07, 6.45) is 1.19. The number of hydrogen-bond donors (Lipinski definition) is 2. The summed E-state index contributed by atoms with van der Waals surface area (Å²) in [6.45, 7) is 2.70. The fourth-order valence-electron chi connectivity index (χ4n) is 3.37. The Bertz CT molecular complexity index is 809. The van der Waals surface area contributed by atoms with Crippen LogP contribution >= 0.6 is 11.8 Å². The van der Waals surface area contributed by atoms with E-state index >= 15 is 0 Å². The monoisotopic (exact) mass is 396 g/mol. The number of hydrogen-bond acceptors (Lipinski definition) is 3. The van der Waals surface area contributed by atoms with E-state index < -0.39 is 0 Å². The highest BCUT2D eigenvalue weighted by molar-refractivity contribution is 7.99. The lowest BCUT2D eigenvalue weighted by Gasteiger charge is -2.22. The summed E-state index contributed by atoms with van der Waals surface area (Å²) in [6, 6.07) is 18.3. The molecule has 2 aromatic carbocycles. The molecule has 0 bridgehead atoms. The van der Waals surface area contributed by atoms with Crippen molar-refractivity contribution in [3.63, 3.8) is 0 Å². The minimum atomic E-state index is -0.0652. The van der Waals surface area contributed by atoms with Gasteiger partial charge >= 0.3 is 0 Å². The van der Waals surface area contributed by atoms with Gasteiger partial charge in [-0.1, -0.05) is 30.3 Å². The molecule has 2 N–H and O–H groups in total. The van der Waals surface area contributed by atoms with Crippen LogP contribution in [0.25, 0.3) is 0 Å². The maximum Gasteiger partial charge on any atom is 0.251 e. The standard InChI is InChI=1S/C22H28N4OS/c1-23-21(27)19-8-6-7-17(13-19)14-25-22(24-2)26-12-11-18(15-26)16-28-20-9-4-3-5-10-20/h3-10,13,18H,11-12,14-16H2,1-2H3,(H,23,27)(H,24,25). The Morgan fingerprint density at radius 1 is 1.21 bits per heavy atom. The molecule has 148 valence electrons. The van der Waals surface area contributed by atoms with Crippen molar-refractivity contribution in [2.45, 2.75) is 17.9 Å². The fourth-order valence-corrected chi connectivity index (χ4v) is 4.42. The molecule has 0 spiro atoms. The van der Waals surface area contributed by atoms with Crippen molar-refractivity contribution in [3.8, 4) is 0 Å². The Hall–Kier alpha value is -2.47. The number of guanidine groups is 1. The van der Waals surface area contributed by atoms with Crippen LogP contribution in [0.4, 0.5) is 0 Å². The number of likely N-dealkylation sites (tertiary alicyclic amines) is 1. The third-order valence-corrected chi connectivity index (χ3v) is 6.14. The zero-order chi connectivity index (χ0) is 19.8. The normalized spacial score (nSPS) is 16.9. The summed E-state index contributed by atoms with van der Waals surface area (Å²) < 4.78 is 0. The van der Waals surface area contributed by atoms with Crippen molar-refractivity contribution < 1.29 is 4.79 Å². The highest BCUT2D eigenvalue weighted by Gasteiger charge is 2.24. The molecule has 1 atom stereocenters. The summed E-state index contributed by atoms with van der Waals surface area (Å²) in [4.78, 5) is 19.9. The maximum atomic E-state index is 11.8. The number of aliphatic imine (C=N–C) groups is 1. The average molecular weight is 397 g/mol. The van der Waals surface area contributed by atoms with Gasteiger partial charge in [-0.2, -0.15) is 0 Å². The van der Waals surface area contributed by atoms with E-state index in [1.54, 1.807) is 7.05 Å². The Labute approximate surface area is 171 Å². The third-order valence-electron chi connectivity index (χ3n) is 4.89. The van der Waals surface area contributed by atoms with E-state index in [1.165, 1.54) is 11.3 Å². The number of rotatable bonds is 6. The summed E-state index contributed by atoms with van der Waals surface area (Å²) in [7, 11) is 3.48. The van der Waals surface area contributed by atoms with Crippen molar-refractivity contribution in [2.24, 2.45) is 10.9 Å². The molecule has 5 nitrogen and oxygen atoms in total. The van der Waals surface area contributed by atoms with E-state index in [0.717, 1.165) is 30.4 Å². The van der Waals surface area contributed by atoms with Crippen LogP contribution in [0.3, 0.4) is 0 Å². The fraction of sp³-hybridized carbons (Fsp3) is 0.364. The largest absolute Gasteiger partial charge is 0.355 e. The molecule has 0 radical (unpaired) electrons. The zero-order valence-corrected chi connectivity index (χ0v) is 17.3. The SMILES string of the molecule is CN=C(NCc1cccc(C(=O)NC)c1)N1CCC(CSc2ccccc2)C1. The summed E-state index contributed by atoms with van der Waals surface area (Å²) in [5.74, 6) is 2.66. The molecular formula is C22H28N4OS. The molecule has 1 heterocycles. The molecule has 1 aliphatic rings. The lowest BCUT2D eigenvalue weighted by Crippen LogP contribution is -2.39. The third kappa shape index (κ3) is 5.52. The van der Waals surface area contributed by atoms with Crippen molar-refractivity contribution in [2.75, 3.05) is 32.9 Å². The van der Waals surface area contributed by atoms with E-state index in [2.05, 4.69) is 50.9 Å². The van der Waals surface area contributed by atoms with Gasteiger partial charge in [-0.25, -0.2) is 0 Å². The molecule has 1 aliphatic heterocycles. The Morgan fingerprint density at radius 2 is 2.04 bits per heavy atom. The second-order valence-corrected chi connectivity index (χ2v) is 8.00. The molecule has 0 aromatic heterocycles. The van der Waals surface area contributed by atoms with Crippen LogP contribution < -0.4 is 10.6 Å². The van der Waals surface area contributed by atoms with Crippen LogP contribution in [-0.4, -0.2) is 49.7 Å². The highest BCUT2D eigenvalue weighted by Crippen LogP contribution is 2.25. The number of nitrogens with zero attached hydrogens (tertiary/aromatic N) is 2. The molecule has 1 fully saturated rings. The second kappa shape index (κ2) is 10.2. The van der Waals surface area contributed by atoms with E-state index in [1.807, 2.05) is 43.1 Å². The quantitative estimate of drug-likeness (QED) is 0.447. The Balaban J connectivity index is 1.50. The predicted molar refractivity (Wildman–Crippen MR) is 117 cm³/mol. The van der Waals surface area contributed by atoms with E-state index in [4.69, 9.17) is 0 Å². The van der Waals surface area contributed by atoms with Gasteiger partial charge in [0.2, 0.25) is 0 Å². The zero-order valence-electron chi connectivity index (χ0n) is 16.5. The first-order valence-corrected chi connectivity index (χ1v) is 10.6. The lowest BCUT2D eigenvalue weighted by atomic mass is 10.1. The highest BCUT2D eigenvalue weighted by atomic mass is 32.2. The number of carbonyl (C=O) groups is 1. The van der Waals surface area contributed by atoms with Gasteiger partial charge in [0.25, 0.3) is 5.91 Å². The molecule has 3 rings (SSSR count). The minimum Gasteiger partial charge on any atom is -0.355 e. The van der Waals surface area contributed by atoms with Gasteiger partial charge in [-0.05, 0) is 42.2 Å². The number of nitrogens with one attached hydrogen (secondary N) is 2. The second-order valence-electron chi connectivity index (χ2n) is 6.91. The van der Waals surface area contributed by atoms with E-state index in [0.29, 0.717) is 18.0 Å². The molecule has 0 saturated carbocycles. The topological polar surface area (TPSA) is 56.7 Å². The minimum absolute atomic E-state index is 0.0652. The van der Waals surface area contributed by atoms with Gasteiger partial charge in [0.05, 0.1) is 0 Å². The molecule has 2 aromatic rings. The summed E-state index contributed by atoms with van der Waals surface area (Å²) in [5, 5.41) is 6.11. The lowest BCUT2D eigenvalue weighted by molar-refractivity contribution is 0.0963. The van der Waals surface area contributed by atoms with Crippen LogP contribution in [0.1, 0.15) is 22.3 Å². The molecule has 0 aliphatic carbocycles. The number of amides is 1. The number of carbonyl (C=O) groups excluding carboxylic acids is 1. The van der Waals surface area contributed by atoms with Gasteiger partial charge in [0, 0.05) is 49.9 Å². The van der Waals surface area contributed by atoms with E-state index in [-0.39, 0.29) is 5.91 Å². The van der Waals surface area contributed by atoms with Crippen molar-refractivity contribution in [3.05, 3.63) is 65.7 Å². The van der Waals surface area contributed by atoms with Crippen molar-refractivity contribution >= 4 is 23.6 Å². The number of benzene rings is 2. The van der Waals surface area contributed by atoms with E-state index in [9.17, 15) is 4.79 Å². The number of thioether (sulfide) groups is 1. The average Bonchev–Trinajstić information content (AvgIpc) is 3.22. The van der Waals surface area contributed by atoms with Crippen molar-refractivity contribution in [1.82, 2.24) is 15.5 Å². The van der Waals surface area contributed by atoms with Crippen molar-refractivity contribution in [1.29, 1.82) is 0 Å². The molecule has 1 saturated heterocycles. The van der Waals surface area contributed by atoms with Crippen LogP contribution in [0, 0.1) is 5.92 Å². The smallest absolute Gasteiger partial charge is 0.251 e. The van der Waals surface area contributed by atoms with Gasteiger partial charge in [-0.3, -0.25) is 9.79 Å². The first-order chi connectivity index (χ1) is 13.7. The van der Waals surface area contributed by atoms with Crippen LogP contribution in [0.15, 0.2) is 64.5 Å². The van der Waals surface area contributed by atoms with Crippen LogP contribution in [0.2, 0.25) is 0 Å². The van der Waals surface area contributed by atoms with Gasteiger partial charge in [0.1, 0.15) is 0 Å². The van der Waals surface area contributed by atoms with Gasteiger partial charge < -0.3 is 15.5 Å². The van der Waals surface area contributed by atoms with Gasteiger partial charge in [-0.15, -0.1) is 11.8 Å². The Morgan fingerprint density at radius 3 is 2.79 bits per heavy atom. The molecular weight excluding hydrogens is 368 g/mol. The van der Waals surface area contributed by atoms with Gasteiger partial charge in [0.15, 0.2) is 5.96 Å². The summed E-state index contributed by atoms with van der Waals surface area (Å²) in [5.41, 5.74) is 1.74. The summed E-state index contributed by atoms with van der Waals surface area (Å²) >= 11 is 1.93. The molecule has 1 unspecified atom stereocenters.